The molecule has 7 heteroatoms. The predicted octanol–water partition coefficient (Wildman–Crippen LogP) is 1.41. The van der Waals surface area contributed by atoms with E-state index in [0.29, 0.717) is 12.2 Å². The molecule has 1 rings (SSSR count). The van der Waals surface area contributed by atoms with E-state index in [4.69, 9.17) is 9.84 Å². The van der Waals surface area contributed by atoms with Gasteiger partial charge in [-0.1, -0.05) is 19.9 Å². The summed E-state index contributed by atoms with van der Waals surface area (Å²) in [6.07, 6.45) is 0.324. The highest BCUT2D eigenvalue weighted by Crippen LogP contribution is 2.16. The summed E-state index contributed by atoms with van der Waals surface area (Å²) in [5.41, 5.74) is 2.19. The first-order valence-electron chi connectivity index (χ1n) is 8.18. The number of carboxylic acids is 1. The molecule has 0 unspecified atom stereocenters. The van der Waals surface area contributed by atoms with E-state index in [2.05, 4.69) is 10.6 Å². The Morgan fingerprint density at radius 3 is 2.36 bits per heavy atom. The molecule has 1 aromatic carbocycles. The number of benzene rings is 1. The average molecular weight is 350 g/mol. The van der Waals surface area contributed by atoms with Crippen molar-refractivity contribution in [3.63, 3.8) is 0 Å². The molecule has 0 aliphatic rings. The first-order valence-corrected chi connectivity index (χ1v) is 8.18. The minimum Gasteiger partial charge on any atom is -0.484 e. The van der Waals surface area contributed by atoms with Gasteiger partial charge in [-0.25, -0.2) is 4.79 Å². The molecule has 0 radical (unpaired) electrons. The van der Waals surface area contributed by atoms with E-state index in [1.165, 1.54) is 0 Å². The van der Waals surface area contributed by atoms with Crippen LogP contribution >= 0.6 is 0 Å². The number of aryl methyl sites for hydroxylation is 2. The van der Waals surface area contributed by atoms with E-state index in [0.717, 1.165) is 11.1 Å². The Bertz CT molecular complexity index is 628. The lowest BCUT2D eigenvalue weighted by molar-refractivity contribution is -0.142. The van der Waals surface area contributed by atoms with Crippen LogP contribution < -0.4 is 15.4 Å². The summed E-state index contributed by atoms with van der Waals surface area (Å²) >= 11 is 0. The highest BCUT2D eigenvalue weighted by Gasteiger charge is 2.21. The standard InChI is InChI=1S/C18H26N2O5/c1-11(2)7-15(18(23)24)20-16(21)9-19-17(22)10-25-14-6-5-12(3)13(4)8-14/h5-6,8,11,15H,7,9-10H2,1-4H3,(H,19,22)(H,20,21)(H,23,24)/t15-/m0/s1. The van der Waals surface area contributed by atoms with Crippen LogP contribution in [0.15, 0.2) is 18.2 Å². The number of nitrogens with one attached hydrogen (secondary N) is 2. The van der Waals surface area contributed by atoms with Gasteiger partial charge in [0, 0.05) is 0 Å². The van der Waals surface area contributed by atoms with Crippen LogP contribution in [0.1, 0.15) is 31.4 Å². The van der Waals surface area contributed by atoms with Crippen molar-refractivity contribution in [2.45, 2.75) is 40.2 Å². The molecule has 0 aromatic heterocycles. The molecular formula is C18H26N2O5. The molecule has 0 bridgehead atoms. The normalized spacial score (nSPS) is 11.7. The van der Waals surface area contributed by atoms with Crippen molar-refractivity contribution in [1.29, 1.82) is 0 Å². The fourth-order valence-electron chi connectivity index (χ4n) is 2.12. The van der Waals surface area contributed by atoms with Crippen molar-refractivity contribution in [3.8, 4) is 5.75 Å². The smallest absolute Gasteiger partial charge is 0.326 e. The number of aliphatic carboxylic acids is 1. The van der Waals surface area contributed by atoms with Gasteiger partial charge in [0.15, 0.2) is 6.61 Å². The van der Waals surface area contributed by atoms with Gasteiger partial charge in [0.1, 0.15) is 11.8 Å². The number of rotatable bonds is 9. The second kappa shape index (κ2) is 9.66. The molecule has 25 heavy (non-hydrogen) atoms. The molecule has 0 aliphatic heterocycles. The highest BCUT2D eigenvalue weighted by molar-refractivity contribution is 5.88. The van der Waals surface area contributed by atoms with Crippen molar-refractivity contribution in [2.75, 3.05) is 13.2 Å². The van der Waals surface area contributed by atoms with E-state index in [1.54, 1.807) is 6.07 Å². The third-order valence-electron chi connectivity index (χ3n) is 3.63. The molecule has 0 spiro atoms. The number of carbonyl (C=O) groups is 3. The average Bonchev–Trinajstić information content (AvgIpc) is 2.53. The number of carbonyl (C=O) groups excluding carboxylic acids is 2. The number of carboxylic acid groups (broad SMARTS) is 1. The number of ether oxygens (including phenoxy) is 1. The van der Waals surface area contributed by atoms with Gasteiger partial charge in [0.05, 0.1) is 6.54 Å². The number of amides is 2. The first kappa shape index (κ1) is 20.5. The Balaban J connectivity index is 2.38. The molecule has 0 heterocycles. The van der Waals surface area contributed by atoms with Crippen molar-refractivity contribution in [2.24, 2.45) is 5.92 Å². The van der Waals surface area contributed by atoms with Crippen molar-refractivity contribution in [3.05, 3.63) is 29.3 Å². The van der Waals surface area contributed by atoms with E-state index < -0.39 is 23.8 Å². The quantitative estimate of drug-likeness (QED) is 0.625. The van der Waals surface area contributed by atoms with Crippen molar-refractivity contribution < 1.29 is 24.2 Å². The maximum Gasteiger partial charge on any atom is 0.326 e. The molecule has 138 valence electrons. The minimum atomic E-state index is -1.09. The Hall–Kier alpha value is -2.57. The lowest BCUT2D eigenvalue weighted by Crippen LogP contribution is -2.46. The summed E-state index contributed by atoms with van der Waals surface area (Å²) < 4.78 is 5.37. The van der Waals surface area contributed by atoms with Gasteiger partial charge < -0.3 is 20.5 Å². The third kappa shape index (κ3) is 7.69. The summed E-state index contributed by atoms with van der Waals surface area (Å²) in [5.74, 6) is -1.39. The second-order valence-electron chi connectivity index (χ2n) is 6.40. The zero-order valence-corrected chi connectivity index (χ0v) is 15.1. The Labute approximate surface area is 147 Å². The van der Waals surface area contributed by atoms with Gasteiger partial charge in [-0.2, -0.15) is 0 Å². The van der Waals surface area contributed by atoms with Crippen molar-refractivity contribution >= 4 is 17.8 Å². The first-order chi connectivity index (χ1) is 11.7. The minimum absolute atomic E-state index is 0.127. The second-order valence-corrected chi connectivity index (χ2v) is 6.40. The van der Waals surface area contributed by atoms with Gasteiger partial charge in [0.2, 0.25) is 5.91 Å². The van der Waals surface area contributed by atoms with E-state index in [-0.39, 0.29) is 19.1 Å². The van der Waals surface area contributed by atoms with E-state index >= 15 is 0 Å². The summed E-state index contributed by atoms with van der Waals surface area (Å²) in [6.45, 7) is 7.15. The summed E-state index contributed by atoms with van der Waals surface area (Å²) in [6, 6.07) is 4.54. The third-order valence-corrected chi connectivity index (χ3v) is 3.63. The van der Waals surface area contributed by atoms with Gasteiger partial charge >= 0.3 is 5.97 Å². The van der Waals surface area contributed by atoms with Crippen LogP contribution in [0.2, 0.25) is 0 Å². The molecule has 1 aromatic rings. The molecule has 1 atom stereocenters. The summed E-state index contributed by atoms with van der Waals surface area (Å²) in [7, 11) is 0. The molecule has 0 saturated heterocycles. The Morgan fingerprint density at radius 1 is 1.12 bits per heavy atom. The van der Waals surface area contributed by atoms with Gasteiger partial charge in [-0.15, -0.1) is 0 Å². The molecular weight excluding hydrogens is 324 g/mol. The highest BCUT2D eigenvalue weighted by atomic mass is 16.5. The summed E-state index contributed by atoms with van der Waals surface area (Å²) in [5, 5.41) is 13.9. The lowest BCUT2D eigenvalue weighted by atomic mass is 10.0. The van der Waals surface area contributed by atoms with Crippen LogP contribution in [0, 0.1) is 19.8 Å². The fraction of sp³-hybridized carbons (Fsp3) is 0.500. The van der Waals surface area contributed by atoms with E-state index in [9.17, 15) is 14.4 Å². The maximum absolute atomic E-state index is 11.8. The van der Waals surface area contributed by atoms with Crippen molar-refractivity contribution in [1.82, 2.24) is 10.6 Å². The Morgan fingerprint density at radius 2 is 1.80 bits per heavy atom. The molecule has 0 saturated carbocycles. The largest absolute Gasteiger partial charge is 0.484 e. The topological polar surface area (TPSA) is 105 Å². The van der Waals surface area contributed by atoms with Crippen LogP contribution in [0.5, 0.6) is 5.75 Å². The van der Waals surface area contributed by atoms with Gasteiger partial charge in [-0.05, 0) is 49.4 Å². The van der Waals surface area contributed by atoms with Crippen LogP contribution in [0.25, 0.3) is 0 Å². The summed E-state index contributed by atoms with van der Waals surface area (Å²) in [4.78, 5) is 34.6. The molecule has 2 amide bonds. The zero-order valence-electron chi connectivity index (χ0n) is 15.1. The fourth-order valence-corrected chi connectivity index (χ4v) is 2.12. The van der Waals surface area contributed by atoms with Gasteiger partial charge in [0.25, 0.3) is 5.91 Å². The van der Waals surface area contributed by atoms with Crippen LogP contribution in [-0.2, 0) is 14.4 Å². The zero-order chi connectivity index (χ0) is 19.0. The predicted molar refractivity (Wildman–Crippen MR) is 93.4 cm³/mol. The van der Waals surface area contributed by atoms with Crippen LogP contribution in [0.4, 0.5) is 0 Å². The monoisotopic (exact) mass is 350 g/mol. The molecule has 7 nitrogen and oxygen atoms in total. The van der Waals surface area contributed by atoms with Crippen LogP contribution in [-0.4, -0.2) is 42.1 Å². The molecule has 0 aliphatic carbocycles. The molecule has 3 N–H and O–H groups in total. The van der Waals surface area contributed by atoms with Crippen LogP contribution in [0.3, 0.4) is 0 Å². The lowest BCUT2D eigenvalue weighted by Gasteiger charge is -2.16. The van der Waals surface area contributed by atoms with E-state index in [1.807, 2.05) is 39.8 Å². The maximum atomic E-state index is 11.8. The Kier molecular flexibility index (Phi) is 7.91. The van der Waals surface area contributed by atoms with Gasteiger partial charge in [-0.3, -0.25) is 9.59 Å². The molecule has 0 fully saturated rings. The SMILES string of the molecule is Cc1ccc(OCC(=O)NCC(=O)N[C@@H](CC(C)C)C(=O)O)cc1C. The number of hydrogen-bond donors (Lipinski definition) is 3. The number of hydrogen-bond acceptors (Lipinski definition) is 4.